The van der Waals surface area contributed by atoms with Crippen LogP contribution in [0.15, 0.2) is 82.2 Å². The molecule has 0 unspecified atom stereocenters. The number of hydrogen-bond acceptors (Lipinski definition) is 3. The molecule has 3 rings (SSSR count). The minimum atomic E-state index is -3.92. The van der Waals surface area contributed by atoms with E-state index in [2.05, 4.69) is 21.2 Å². The van der Waals surface area contributed by atoms with Crippen LogP contribution in [-0.4, -0.2) is 27.4 Å². The summed E-state index contributed by atoms with van der Waals surface area (Å²) in [6.45, 7) is 1.99. The molecule has 0 aliphatic carbocycles. The maximum atomic E-state index is 13.3. The SMILES string of the molecule is Cc1ccc(S(=O)(=O)N(CC(=O)NCCCc2ccccc2Cl)c2ccc(Br)cc2)cc1. The topological polar surface area (TPSA) is 66.5 Å². The number of amides is 1. The summed E-state index contributed by atoms with van der Waals surface area (Å²) < 4.78 is 28.6. The highest BCUT2D eigenvalue weighted by molar-refractivity contribution is 9.10. The second-order valence-electron chi connectivity index (χ2n) is 7.35. The molecule has 0 aromatic heterocycles. The molecule has 1 N–H and O–H groups in total. The minimum absolute atomic E-state index is 0.137. The van der Waals surface area contributed by atoms with Gasteiger partial charge in [-0.3, -0.25) is 9.10 Å². The van der Waals surface area contributed by atoms with Crippen molar-refractivity contribution >= 4 is 49.1 Å². The Hall–Kier alpha value is -2.35. The Bertz CT molecular complexity index is 1170. The molecule has 0 fully saturated rings. The molecule has 32 heavy (non-hydrogen) atoms. The normalized spacial score (nSPS) is 11.2. The average Bonchev–Trinajstić information content (AvgIpc) is 2.77. The maximum absolute atomic E-state index is 13.3. The van der Waals surface area contributed by atoms with Gasteiger partial charge in [-0.25, -0.2) is 8.42 Å². The van der Waals surface area contributed by atoms with E-state index in [0.29, 0.717) is 23.7 Å². The van der Waals surface area contributed by atoms with Crippen molar-refractivity contribution in [3.8, 4) is 0 Å². The van der Waals surface area contributed by atoms with Crippen LogP contribution in [0.5, 0.6) is 0 Å². The highest BCUT2D eigenvalue weighted by Crippen LogP contribution is 2.25. The van der Waals surface area contributed by atoms with Gasteiger partial charge >= 0.3 is 0 Å². The summed E-state index contributed by atoms with van der Waals surface area (Å²) in [5, 5.41) is 3.52. The second kappa shape index (κ2) is 11.0. The maximum Gasteiger partial charge on any atom is 0.264 e. The van der Waals surface area contributed by atoms with Gasteiger partial charge in [-0.15, -0.1) is 0 Å². The summed E-state index contributed by atoms with van der Waals surface area (Å²) in [5.41, 5.74) is 2.39. The van der Waals surface area contributed by atoms with Gasteiger partial charge in [0.15, 0.2) is 0 Å². The Kier molecular flexibility index (Phi) is 8.34. The van der Waals surface area contributed by atoms with E-state index in [-0.39, 0.29) is 17.3 Å². The standard InChI is InChI=1S/C24H24BrClN2O3S/c1-18-8-14-22(15-9-18)32(30,31)28(21-12-10-20(25)11-13-21)17-24(29)27-16-4-6-19-5-2-3-7-23(19)26/h2-3,5,7-15H,4,6,16-17H2,1H3,(H,27,29). The molecule has 168 valence electrons. The third kappa shape index (κ3) is 6.34. The molecule has 3 aromatic rings. The van der Waals surface area contributed by atoms with Crippen molar-refractivity contribution in [1.29, 1.82) is 0 Å². The molecule has 8 heteroatoms. The molecule has 0 aliphatic heterocycles. The van der Waals surface area contributed by atoms with Gasteiger partial charge in [0, 0.05) is 16.0 Å². The molecule has 0 atom stereocenters. The molecule has 0 heterocycles. The lowest BCUT2D eigenvalue weighted by atomic mass is 10.1. The van der Waals surface area contributed by atoms with Gasteiger partial charge in [-0.05, 0) is 67.8 Å². The van der Waals surface area contributed by atoms with Crippen molar-refractivity contribution < 1.29 is 13.2 Å². The van der Waals surface area contributed by atoms with Gasteiger partial charge in [-0.2, -0.15) is 0 Å². The number of aryl methyl sites for hydroxylation is 2. The summed E-state index contributed by atoms with van der Waals surface area (Å²) in [6, 6.07) is 21.0. The lowest BCUT2D eigenvalue weighted by Crippen LogP contribution is -2.41. The summed E-state index contributed by atoms with van der Waals surface area (Å²) >= 11 is 9.53. The molecule has 0 saturated heterocycles. The second-order valence-corrected chi connectivity index (χ2v) is 10.5. The van der Waals surface area contributed by atoms with E-state index >= 15 is 0 Å². The number of rotatable bonds is 9. The number of halogens is 2. The first-order valence-corrected chi connectivity index (χ1v) is 12.7. The van der Waals surface area contributed by atoms with Crippen molar-refractivity contribution in [2.45, 2.75) is 24.7 Å². The number of benzene rings is 3. The average molecular weight is 536 g/mol. The largest absolute Gasteiger partial charge is 0.355 e. The number of carbonyl (C=O) groups is 1. The van der Waals surface area contributed by atoms with Crippen LogP contribution in [0.3, 0.4) is 0 Å². The van der Waals surface area contributed by atoms with E-state index < -0.39 is 10.0 Å². The number of sulfonamides is 1. The Balaban J connectivity index is 1.71. The highest BCUT2D eigenvalue weighted by Gasteiger charge is 2.27. The molecule has 0 saturated carbocycles. The van der Waals surface area contributed by atoms with Gasteiger partial charge < -0.3 is 5.32 Å². The summed E-state index contributed by atoms with van der Waals surface area (Å²) in [6.07, 6.45) is 1.41. The lowest BCUT2D eigenvalue weighted by Gasteiger charge is -2.24. The Morgan fingerprint density at radius 2 is 1.66 bits per heavy atom. The summed E-state index contributed by atoms with van der Waals surface area (Å²) in [5.74, 6) is -0.372. The predicted molar refractivity (Wildman–Crippen MR) is 133 cm³/mol. The quantitative estimate of drug-likeness (QED) is 0.375. The predicted octanol–water partition coefficient (Wildman–Crippen LogP) is 5.36. The molecule has 0 spiro atoms. The summed E-state index contributed by atoms with van der Waals surface area (Å²) in [7, 11) is -3.92. The van der Waals surface area contributed by atoms with Crippen molar-refractivity contribution in [2.24, 2.45) is 0 Å². The Labute approximate surface area is 202 Å². The van der Waals surface area contributed by atoms with Crippen molar-refractivity contribution in [3.63, 3.8) is 0 Å². The first-order chi connectivity index (χ1) is 15.3. The number of hydrogen-bond donors (Lipinski definition) is 1. The third-order valence-corrected chi connectivity index (χ3v) is 7.60. The zero-order valence-electron chi connectivity index (χ0n) is 17.6. The van der Waals surface area contributed by atoms with E-state index in [1.807, 2.05) is 31.2 Å². The van der Waals surface area contributed by atoms with Crippen LogP contribution in [-0.2, 0) is 21.2 Å². The van der Waals surface area contributed by atoms with Crippen molar-refractivity contribution in [2.75, 3.05) is 17.4 Å². The first-order valence-electron chi connectivity index (χ1n) is 10.1. The number of nitrogens with zero attached hydrogens (tertiary/aromatic N) is 1. The molecular formula is C24H24BrClN2O3S. The van der Waals surface area contributed by atoms with E-state index in [1.165, 1.54) is 0 Å². The molecule has 1 amide bonds. The van der Waals surface area contributed by atoms with Gasteiger partial charge in [-0.1, -0.05) is 63.4 Å². The highest BCUT2D eigenvalue weighted by atomic mass is 79.9. The van der Waals surface area contributed by atoms with Crippen LogP contribution in [0, 0.1) is 6.92 Å². The molecule has 0 aliphatic rings. The van der Waals surface area contributed by atoms with Crippen LogP contribution in [0.4, 0.5) is 5.69 Å². The van der Waals surface area contributed by atoms with Gasteiger partial charge in [0.05, 0.1) is 10.6 Å². The van der Waals surface area contributed by atoms with Crippen LogP contribution >= 0.6 is 27.5 Å². The van der Waals surface area contributed by atoms with Crippen molar-refractivity contribution in [1.82, 2.24) is 5.32 Å². The molecule has 0 bridgehead atoms. The smallest absolute Gasteiger partial charge is 0.264 e. The van der Waals surface area contributed by atoms with Crippen LogP contribution in [0.25, 0.3) is 0 Å². The number of nitrogens with one attached hydrogen (secondary N) is 1. The lowest BCUT2D eigenvalue weighted by molar-refractivity contribution is -0.119. The van der Waals surface area contributed by atoms with Crippen LogP contribution in [0.1, 0.15) is 17.5 Å². The van der Waals surface area contributed by atoms with E-state index in [9.17, 15) is 13.2 Å². The van der Waals surface area contributed by atoms with E-state index in [0.717, 1.165) is 26.3 Å². The monoisotopic (exact) mass is 534 g/mol. The van der Waals surface area contributed by atoms with Crippen LogP contribution < -0.4 is 9.62 Å². The van der Waals surface area contributed by atoms with Gasteiger partial charge in [0.25, 0.3) is 10.0 Å². The number of carbonyl (C=O) groups excluding carboxylic acids is 1. The fourth-order valence-corrected chi connectivity index (χ4v) is 5.07. The van der Waals surface area contributed by atoms with Crippen molar-refractivity contribution in [3.05, 3.63) is 93.4 Å². The van der Waals surface area contributed by atoms with Crippen LogP contribution in [0.2, 0.25) is 5.02 Å². The van der Waals surface area contributed by atoms with Gasteiger partial charge in [0.1, 0.15) is 6.54 Å². The molecular weight excluding hydrogens is 512 g/mol. The van der Waals surface area contributed by atoms with E-state index in [1.54, 1.807) is 48.5 Å². The number of anilines is 1. The first kappa shape index (κ1) is 24.3. The zero-order chi connectivity index (χ0) is 23.1. The Morgan fingerprint density at radius 1 is 1.00 bits per heavy atom. The van der Waals surface area contributed by atoms with Gasteiger partial charge in [0.2, 0.25) is 5.91 Å². The fraction of sp³-hybridized carbons (Fsp3) is 0.208. The minimum Gasteiger partial charge on any atom is -0.355 e. The summed E-state index contributed by atoms with van der Waals surface area (Å²) in [4.78, 5) is 12.8. The van der Waals surface area contributed by atoms with E-state index in [4.69, 9.17) is 11.6 Å². The third-order valence-electron chi connectivity index (χ3n) is 4.91. The zero-order valence-corrected chi connectivity index (χ0v) is 20.8. The molecule has 3 aromatic carbocycles. The fourth-order valence-electron chi connectivity index (χ4n) is 3.15. The Morgan fingerprint density at radius 3 is 2.31 bits per heavy atom. The molecule has 5 nitrogen and oxygen atoms in total. The molecule has 0 radical (unpaired) electrons.